The van der Waals surface area contributed by atoms with Gasteiger partial charge in [-0.3, -0.25) is 4.79 Å². The van der Waals surface area contributed by atoms with E-state index in [4.69, 9.17) is 5.41 Å². The van der Waals surface area contributed by atoms with E-state index in [1.807, 2.05) is 6.07 Å². The van der Waals surface area contributed by atoms with Crippen LogP contribution in [-0.4, -0.2) is 12.1 Å². The van der Waals surface area contributed by atoms with E-state index >= 15 is 0 Å². The predicted octanol–water partition coefficient (Wildman–Crippen LogP) is 5.20. The van der Waals surface area contributed by atoms with Crippen LogP contribution in [0.4, 0.5) is 20.2 Å². The Morgan fingerprint density at radius 3 is 2.67 bits per heavy atom. The second-order valence-electron chi connectivity index (χ2n) is 6.77. The first kappa shape index (κ1) is 17.9. The van der Waals surface area contributed by atoms with Crippen molar-refractivity contribution < 1.29 is 13.6 Å². The van der Waals surface area contributed by atoms with Crippen LogP contribution in [0.2, 0.25) is 0 Å². The molecule has 27 heavy (non-hydrogen) atoms. The molecule has 0 aromatic heterocycles. The molecule has 1 amide bonds. The zero-order valence-electron chi connectivity index (χ0n) is 14.2. The van der Waals surface area contributed by atoms with Gasteiger partial charge < -0.3 is 16.0 Å². The van der Waals surface area contributed by atoms with E-state index in [9.17, 15) is 13.6 Å². The zero-order valence-corrected chi connectivity index (χ0v) is 15.8. The number of hydrogen-bond donors (Lipinski definition) is 3. The van der Waals surface area contributed by atoms with E-state index in [-0.39, 0.29) is 11.6 Å². The van der Waals surface area contributed by atoms with Gasteiger partial charge in [0.25, 0.3) is 0 Å². The molecule has 2 aromatic rings. The van der Waals surface area contributed by atoms with E-state index in [2.05, 4.69) is 26.6 Å². The van der Waals surface area contributed by atoms with Gasteiger partial charge >= 0.3 is 0 Å². The normalized spacial score (nSPS) is 17.3. The summed E-state index contributed by atoms with van der Waals surface area (Å²) in [5, 5.41) is 13.3. The molecule has 1 aliphatic heterocycles. The van der Waals surface area contributed by atoms with E-state index in [0.29, 0.717) is 11.3 Å². The minimum atomic E-state index is -0.724. The Labute approximate surface area is 163 Å². The summed E-state index contributed by atoms with van der Waals surface area (Å²) in [6.07, 6.45) is 5.18. The molecule has 0 unspecified atom stereocenters. The molecule has 4 nitrogen and oxygen atoms in total. The Kier molecular flexibility index (Phi) is 4.34. The smallest absolute Gasteiger partial charge is 0.235 e. The number of carbonyl (C=O) groups excluding carboxylic acids is 1. The molecule has 0 atom stereocenters. The number of hydrogen-bond acceptors (Lipinski definition) is 3. The SMILES string of the molecule is N=C/C=C(\Nc1ccc(F)cc1F)c1cc(Br)c2c(c1)C1(CCC1)C(=O)N2. The Balaban J connectivity index is 1.77. The second kappa shape index (κ2) is 6.56. The van der Waals surface area contributed by atoms with Crippen LogP contribution in [0.3, 0.4) is 0 Å². The van der Waals surface area contributed by atoms with Gasteiger partial charge in [0, 0.05) is 22.5 Å². The van der Waals surface area contributed by atoms with Gasteiger partial charge in [0.15, 0.2) is 0 Å². The van der Waals surface area contributed by atoms with Crippen molar-refractivity contribution in [1.82, 2.24) is 0 Å². The average Bonchev–Trinajstić information content (AvgIpc) is 2.89. The van der Waals surface area contributed by atoms with Crippen molar-refractivity contribution in [1.29, 1.82) is 5.41 Å². The fraction of sp³-hybridized carbons (Fsp3) is 0.200. The van der Waals surface area contributed by atoms with Crippen LogP contribution in [0.25, 0.3) is 5.70 Å². The zero-order chi connectivity index (χ0) is 19.2. The first-order valence-corrected chi connectivity index (χ1v) is 9.32. The summed E-state index contributed by atoms with van der Waals surface area (Å²) in [7, 11) is 0. The maximum Gasteiger partial charge on any atom is 0.235 e. The third-order valence-electron chi connectivity index (χ3n) is 5.25. The number of allylic oxidation sites excluding steroid dienone is 1. The van der Waals surface area contributed by atoms with Crippen LogP contribution in [0.15, 0.2) is 40.9 Å². The van der Waals surface area contributed by atoms with Crippen LogP contribution in [0.1, 0.15) is 30.4 Å². The quantitative estimate of drug-likeness (QED) is 0.582. The highest BCUT2D eigenvalue weighted by atomic mass is 79.9. The monoisotopic (exact) mass is 431 g/mol. The van der Waals surface area contributed by atoms with Crippen molar-refractivity contribution in [3.05, 3.63) is 63.6 Å². The van der Waals surface area contributed by atoms with Crippen LogP contribution >= 0.6 is 15.9 Å². The summed E-state index contributed by atoms with van der Waals surface area (Å²) in [5.41, 5.74) is 2.48. The minimum Gasteiger partial charge on any atom is -0.353 e. The number of benzene rings is 2. The van der Waals surface area contributed by atoms with Crippen molar-refractivity contribution in [2.45, 2.75) is 24.7 Å². The Bertz CT molecular complexity index is 999. The van der Waals surface area contributed by atoms with E-state index < -0.39 is 17.0 Å². The van der Waals surface area contributed by atoms with Gasteiger partial charge in [-0.05, 0) is 70.2 Å². The molecule has 138 valence electrons. The summed E-state index contributed by atoms with van der Waals surface area (Å²) in [6.45, 7) is 0. The molecule has 0 radical (unpaired) electrons. The summed E-state index contributed by atoms with van der Waals surface area (Å²) >= 11 is 3.51. The molecule has 1 fully saturated rings. The standard InChI is InChI=1S/C20H16BrF2N3O/c21-14-9-11(8-13-18(14)26-19(27)20(13)5-1-6-20)16(4-7-24)25-17-3-2-12(22)10-15(17)23/h2-4,7-10,24-25H,1,5-6H2,(H,26,27)/b16-4-,24-7?. The van der Waals surface area contributed by atoms with Crippen molar-refractivity contribution >= 4 is 45.1 Å². The molecule has 7 heteroatoms. The van der Waals surface area contributed by atoms with Gasteiger partial charge in [0.2, 0.25) is 5.91 Å². The lowest BCUT2D eigenvalue weighted by molar-refractivity contribution is -0.123. The van der Waals surface area contributed by atoms with Crippen molar-refractivity contribution in [3.8, 4) is 0 Å². The first-order chi connectivity index (χ1) is 12.9. The van der Waals surface area contributed by atoms with E-state index in [0.717, 1.165) is 53.3 Å². The van der Waals surface area contributed by atoms with E-state index in [1.165, 1.54) is 12.1 Å². The topological polar surface area (TPSA) is 65.0 Å². The number of rotatable bonds is 4. The average molecular weight is 432 g/mol. The lowest BCUT2D eigenvalue weighted by atomic mass is 9.65. The highest BCUT2D eigenvalue weighted by Crippen LogP contribution is 2.53. The number of nitrogens with one attached hydrogen (secondary N) is 3. The maximum absolute atomic E-state index is 14.1. The van der Waals surface area contributed by atoms with Gasteiger partial charge in [-0.1, -0.05) is 6.42 Å². The number of halogens is 3. The summed E-state index contributed by atoms with van der Waals surface area (Å²) < 4.78 is 27.9. The third-order valence-corrected chi connectivity index (χ3v) is 5.87. The van der Waals surface area contributed by atoms with Crippen LogP contribution < -0.4 is 10.6 Å². The Morgan fingerprint density at radius 2 is 2.04 bits per heavy atom. The first-order valence-electron chi connectivity index (χ1n) is 8.53. The predicted molar refractivity (Wildman–Crippen MR) is 105 cm³/mol. The van der Waals surface area contributed by atoms with Gasteiger partial charge in [-0.25, -0.2) is 8.78 Å². The van der Waals surface area contributed by atoms with Crippen molar-refractivity contribution in [2.24, 2.45) is 0 Å². The lowest BCUT2D eigenvalue weighted by Crippen LogP contribution is -2.40. The molecule has 0 saturated heterocycles. The van der Waals surface area contributed by atoms with Crippen molar-refractivity contribution in [2.75, 3.05) is 10.6 Å². The van der Waals surface area contributed by atoms with Gasteiger partial charge in [-0.15, -0.1) is 0 Å². The minimum absolute atomic E-state index is 0.0109. The number of fused-ring (bicyclic) bond motifs is 2. The highest BCUT2D eigenvalue weighted by Gasteiger charge is 2.51. The van der Waals surface area contributed by atoms with Crippen LogP contribution in [0.5, 0.6) is 0 Å². The van der Waals surface area contributed by atoms with Gasteiger partial charge in [0.1, 0.15) is 11.6 Å². The summed E-state index contributed by atoms with van der Waals surface area (Å²) in [4.78, 5) is 12.5. The number of amides is 1. The third kappa shape index (κ3) is 2.86. The second-order valence-corrected chi connectivity index (χ2v) is 7.62. The maximum atomic E-state index is 14.1. The fourth-order valence-electron chi connectivity index (χ4n) is 3.68. The van der Waals surface area contributed by atoms with Crippen molar-refractivity contribution in [3.63, 3.8) is 0 Å². The largest absolute Gasteiger partial charge is 0.353 e. The fourth-order valence-corrected chi connectivity index (χ4v) is 4.24. The molecule has 1 saturated carbocycles. The summed E-state index contributed by atoms with van der Waals surface area (Å²) in [5.74, 6) is -1.37. The highest BCUT2D eigenvalue weighted by molar-refractivity contribution is 9.10. The molecule has 1 aliphatic carbocycles. The molecule has 4 rings (SSSR count). The van der Waals surface area contributed by atoms with Crippen LogP contribution in [-0.2, 0) is 10.2 Å². The molecule has 3 N–H and O–H groups in total. The summed E-state index contributed by atoms with van der Waals surface area (Å²) in [6, 6.07) is 6.98. The van der Waals surface area contributed by atoms with E-state index in [1.54, 1.807) is 6.07 Å². The molecule has 2 aliphatic rings. The molecular weight excluding hydrogens is 416 g/mol. The van der Waals surface area contributed by atoms with Gasteiger partial charge in [0.05, 0.1) is 16.8 Å². The number of carbonyl (C=O) groups is 1. The molecule has 2 aromatic carbocycles. The molecule has 1 heterocycles. The Hall–Kier alpha value is -2.54. The molecule has 0 bridgehead atoms. The Morgan fingerprint density at radius 1 is 1.26 bits per heavy atom. The van der Waals surface area contributed by atoms with Gasteiger partial charge in [-0.2, -0.15) is 0 Å². The lowest BCUT2D eigenvalue weighted by Gasteiger charge is -2.36. The molecular formula is C20H16BrF2N3O. The number of anilines is 2. The van der Waals surface area contributed by atoms with Crippen LogP contribution in [0, 0.1) is 17.0 Å². The molecule has 1 spiro atoms.